The topological polar surface area (TPSA) is 148 Å². The fourth-order valence-electron chi connectivity index (χ4n) is 3.38. The molecule has 0 N–H and O–H groups in total. The third kappa shape index (κ3) is 7.65. The molecule has 0 bridgehead atoms. The highest BCUT2D eigenvalue weighted by Gasteiger charge is 2.19. The molecule has 0 spiro atoms. The van der Waals surface area contributed by atoms with Crippen molar-refractivity contribution in [3.05, 3.63) is 55.6 Å². The van der Waals surface area contributed by atoms with E-state index in [2.05, 4.69) is 9.98 Å². The molecule has 0 heterocycles. The van der Waals surface area contributed by atoms with Crippen LogP contribution >= 0.6 is 0 Å². The normalized spacial score (nSPS) is 11.1. The number of aliphatic imine (C=N–C) groups is 2. The number of unbranched alkanes of at least 4 members (excludes halogenated alkanes) is 3. The Morgan fingerprint density at radius 2 is 0.972 bits per heavy atom. The van der Waals surface area contributed by atoms with Crippen LogP contribution in [0.3, 0.4) is 0 Å². The van der Waals surface area contributed by atoms with Crippen LogP contribution in [0.25, 0.3) is 0 Å². The highest BCUT2D eigenvalue weighted by molar-refractivity contribution is 5.87. The van der Waals surface area contributed by atoms with E-state index < -0.39 is 9.85 Å². The molecule has 0 aliphatic carbocycles. The number of hydrogen-bond acceptors (Lipinski definition) is 10. The van der Waals surface area contributed by atoms with Gasteiger partial charge in [0.15, 0.2) is 23.0 Å². The molecule has 12 nitrogen and oxygen atoms in total. The Kier molecular flexibility index (Phi) is 11.1. The molecule has 0 fully saturated rings. The standard InChI is InChI=1S/C24H30N4O8/c1-33-21-11-17(19(27(29)30)13-23(21)35-3)15-25-9-7-5-6-8-10-26-16-18-12-22(34-2)24(36-4)14-20(18)28(31)32/h11-16H,5-10H2,1-4H3/b25-15+,26-16+. The average molecular weight is 503 g/mol. The maximum Gasteiger partial charge on any atom is 0.282 e. The van der Waals surface area contributed by atoms with Crippen LogP contribution in [0.4, 0.5) is 11.4 Å². The molecule has 2 aromatic rings. The van der Waals surface area contributed by atoms with Crippen molar-refractivity contribution in [1.29, 1.82) is 0 Å². The molecule has 2 rings (SSSR count). The Morgan fingerprint density at radius 3 is 1.28 bits per heavy atom. The number of nitrogens with zero attached hydrogens (tertiary/aromatic N) is 4. The summed E-state index contributed by atoms with van der Waals surface area (Å²) in [6.45, 7) is 1.04. The van der Waals surface area contributed by atoms with E-state index >= 15 is 0 Å². The van der Waals surface area contributed by atoms with E-state index in [1.54, 1.807) is 0 Å². The smallest absolute Gasteiger partial charge is 0.282 e. The molecule has 0 saturated heterocycles. The van der Waals surface area contributed by atoms with Gasteiger partial charge in [-0.1, -0.05) is 12.8 Å². The first-order valence-electron chi connectivity index (χ1n) is 11.2. The van der Waals surface area contributed by atoms with Gasteiger partial charge in [0.05, 0.1) is 61.5 Å². The van der Waals surface area contributed by atoms with Crippen LogP contribution in [0.15, 0.2) is 34.3 Å². The molecular formula is C24H30N4O8. The van der Waals surface area contributed by atoms with E-state index in [0.29, 0.717) is 35.7 Å². The number of methoxy groups -OCH3 is 4. The van der Waals surface area contributed by atoms with E-state index in [1.807, 2.05) is 0 Å². The van der Waals surface area contributed by atoms with Gasteiger partial charge in [-0.05, 0) is 25.0 Å². The number of nitro benzene ring substituents is 2. The third-order valence-corrected chi connectivity index (χ3v) is 5.24. The monoisotopic (exact) mass is 502 g/mol. The molecule has 0 aliphatic heterocycles. The van der Waals surface area contributed by atoms with Crippen LogP contribution < -0.4 is 18.9 Å². The van der Waals surface area contributed by atoms with Gasteiger partial charge < -0.3 is 18.9 Å². The van der Waals surface area contributed by atoms with E-state index in [0.717, 1.165) is 25.7 Å². The lowest BCUT2D eigenvalue weighted by Gasteiger charge is -2.08. The molecule has 2 aromatic carbocycles. The van der Waals surface area contributed by atoms with Gasteiger partial charge >= 0.3 is 0 Å². The van der Waals surface area contributed by atoms with Crippen molar-refractivity contribution in [3.63, 3.8) is 0 Å². The summed E-state index contributed by atoms with van der Waals surface area (Å²) in [6, 6.07) is 5.69. The second kappa shape index (κ2) is 14.2. The Balaban J connectivity index is 1.83. The second-order valence-corrected chi connectivity index (χ2v) is 7.53. The van der Waals surface area contributed by atoms with Gasteiger partial charge in [-0.15, -0.1) is 0 Å². The van der Waals surface area contributed by atoms with Gasteiger partial charge in [0.25, 0.3) is 11.4 Å². The zero-order chi connectivity index (χ0) is 26.5. The Labute approximate surface area is 208 Å². The van der Waals surface area contributed by atoms with Crippen LogP contribution in [0.1, 0.15) is 36.8 Å². The van der Waals surface area contributed by atoms with Crippen molar-refractivity contribution in [2.75, 3.05) is 41.5 Å². The minimum absolute atomic E-state index is 0.107. The van der Waals surface area contributed by atoms with E-state index in [4.69, 9.17) is 18.9 Å². The van der Waals surface area contributed by atoms with Crippen LogP contribution in [0.5, 0.6) is 23.0 Å². The molecule has 0 atom stereocenters. The molecule has 0 aromatic heterocycles. The number of ether oxygens (including phenoxy) is 4. The van der Waals surface area contributed by atoms with E-state index in [-0.39, 0.29) is 22.9 Å². The van der Waals surface area contributed by atoms with Gasteiger partial charge in [-0.3, -0.25) is 30.2 Å². The molecular weight excluding hydrogens is 472 g/mol. The molecule has 0 radical (unpaired) electrons. The summed E-state index contributed by atoms with van der Waals surface area (Å²) in [7, 11) is 5.76. The Hall–Kier alpha value is -4.22. The first kappa shape index (κ1) is 28.0. The largest absolute Gasteiger partial charge is 0.493 e. The molecule has 0 amide bonds. The summed E-state index contributed by atoms with van der Waals surface area (Å²) in [4.78, 5) is 30.3. The average Bonchev–Trinajstić information content (AvgIpc) is 2.88. The van der Waals surface area contributed by atoms with Crippen molar-refractivity contribution in [1.82, 2.24) is 0 Å². The molecule has 36 heavy (non-hydrogen) atoms. The van der Waals surface area contributed by atoms with Crippen molar-refractivity contribution in [2.45, 2.75) is 25.7 Å². The van der Waals surface area contributed by atoms with Crippen molar-refractivity contribution >= 4 is 23.8 Å². The highest BCUT2D eigenvalue weighted by atomic mass is 16.6. The highest BCUT2D eigenvalue weighted by Crippen LogP contribution is 2.34. The minimum atomic E-state index is -0.486. The Bertz CT molecular complexity index is 1030. The fraction of sp³-hybridized carbons (Fsp3) is 0.417. The van der Waals surface area contributed by atoms with E-state index in [9.17, 15) is 20.2 Å². The number of hydrogen-bond donors (Lipinski definition) is 0. The minimum Gasteiger partial charge on any atom is -0.493 e. The summed E-state index contributed by atoms with van der Waals surface area (Å²) in [6.07, 6.45) is 6.36. The predicted octanol–water partition coefficient (Wildman–Crippen LogP) is 4.64. The predicted molar refractivity (Wildman–Crippen MR) is 136 cm³/mol. The zero-order valence-corrected chi connectivity index (χ0v) is 20.8. The third-order valence-electron chi connectivity index (χ3n) is 5.24. The van der Waals surface area contributed by atoms with Crippen LogP contribution in [0.2, 0.25) is 0 Å². The number of rotatable bonds is 15. The molecule has 194 valence electrons. The van der Waals surface area contributed by atoms with Gasteiger partial charge in [0.1, 0.15) is 0 Å². The number of nitro groups is 2. The van der Waals surface area contributed by atoms with Gasteiger partial charge in [0.2, 0.25) is 0 Å². The quantitative estimate of drug-likeness (QED) is 0.148. The van der Waals surface area contributed by atoms with Crippen molar-refractivity contribution in [2.24, 2.45) is 9.98 Å². The molecule has 0 unspecified atom stereocenters. The summed E-state index contributed by atoms with van der Waals surface area (Å²) in [5, 5.41) is 22.7. The SMILES string of the molecule is COc1cc(/C=N/CCCCCC/N=C/c2cc(OC)c(OC)cc2[N+](=O)[O-])c([N+](=O)[O-])cc1OC. The van der Waals surface area contributed by atoms with Gasteiger partial charge in [-0.2, -0.15) is 0 Å². The summed E-state index contributed by atoms with van der Waals surface area (Å²) < 4.78 is 20.6. The van der Waals surface area contributed by atoms with Gasteiger partial charge in [0, 0.05) is 25.5 Å². The van der Waals surface area contributed by atoms with Crippen LogP contribution in [-0.4, -0.2) is 63.8 Å². The van der Waals surface area contributed by atoms with Gasteiger partial charge in [-0.25, -0.2) is 0 Å². The maximum absolute atomic E-state index is 11.3. The molecule has 0 saturated carbocycles. The lowest BCUT2D eigenvalue weighted by Crippen LogP contribution is -1.99. The zero-order valence-electron chi connectivity index (χ0n) is 20.8. The molecule has 12 heteroatoms. The summed E-state index contributed by atoms with van der Waals surface area (Å²) >= 11 is 0. The summed E-state index contributed by atoms with van der Waals surface area (Å²) in [5.74, 6) is 1.35. The lowest BCUT2D eigenvalue weighted by atomic mass is 10.1. The fourth-order valence-corrected chi connectivity index (χ4v) is 3.38. The van der Waals surface area contributed by atoms with Crippen LogP contribution in [-0.2, 0) is 0 Å². The van der Waals surface area contributed by atoms with Crippen LogP contribution in [0, 0.1) is 20.2 Å². The van der Waals surface area contributed by atoms with Crippen molar-refractivity contribution in [3.8, 4) is 23.0 Å². The van der Waals surface area contributed by atoms with Crippen molar-refractivity contribution < 1.29 is 28.8 Å². The van der Waals surface area contributed by atoms with E-state index in [1.165, 1.54) is 65.1 Å². The number of benzene rings is 2. The maximum atomic E-state index is 11.3. The first-order chi connectivity index (χ1) is 17.4. The molecule has 0 aliphatic rings. The first-order valence-corrected chi connectivity index (χ1v) is 11.2. The lowest BCUT2D eigenvalue weighted by molar-refractivity contribution is -0.385. The summed E-state index contributed by atoms with van der Waals surface area (Å²) in [5.41, 5.74) is 0.473. The second-order valence-electron chi connectivity index (χ2n) is 7.53. The Morgan fingerprint density at radius 1 is 0.639 bits per heavy atom.